The van der Waals surface area contributed by atoms with Gasteiger partial charge in [0.1, 0.15) is 24.9 Å². The van der Waals surface area contributed by atoms with Crippen molar-refractivity contribution in [3.8, 4) is 0 Å². The van der Waals surface area contributed by atoms with Gasteiger partial charge >= 0.3 is 29.8 Å². The van der Waals surface area contributed by atoms with Gasteiger partial charge in [-0.25, -0.2) is 4.79 Å². The standard InChI is InChI=1S/C26H33NO12/c1-14(28)35-13-21-24(37-16(3)30)25(38-17(4)31)23(36-15(2)29)20(39-21)12-22(32)27-19(26(33)34-5)11-18-9-7-6-8-10-18/h6-10,19-21,23-25H,11-13H2,1-5H3,(H,27,32). The molecule has 1 N–H and O–H groups in total. The number of hydrogen-bond donors (Lipinski definition) is 1. The van der Waals surface area contributed by atoms with E-state index in [0.717, 1.165) is 33.3 Å². The lowest BCUT2D eigenvalue weighted by atomic mass is 9.92. The molecule has 2 rings (SSSR count). The maximum atomic E-state index is 13.1. The van der Waals surface area contributed by atoms with Crippen LogP contribution in [0, 0.1) is 0 Å². The van der Waals surface area contributed by atoms with Crippen molar-refractivity contribution in [2.24, 2.45) is 0 Å². The molecule has 0 aromatic heterocycles. The summed E-state index contributed by atoms with van der Waals surface area (Å²) in [4.78, 5) is 72.7. The third kappa shape index (κ3) is 10.0. The van der Waals surface area contributed by atoms with Crippen molar-refractivity contribution in [3.63, 3.8) is 0 Å². The smallest absolute Gasteiger partial charge is 0.328 e. The minimum Gasteiger partial charge on any atom is -0.467 e. The molecule has 6 atom stereocenters. The molecule has 1 aliphatic heterocycles. The Hall–Kier alpha value is -4.00. The summed E-state index contributed by atoms with van der Waals surface area (Å²) in [6, 6.07) is 7.88. The van der Waals surface area contributed by atoms with E-state index in [4.69, 9.17) is 28.4 Å². The van der Waals surface area contributed by atoms with Crippen LogP contribution in [-0.4, -0.2) is 86.0 Å². The first-order valence-electron chi connectivity index (χ1n) is 12.1. The van der Waals surface area contributed by atoms with Crippen LogP contribution >= 0.6 is 0 Å². The van der Waals surface area contributed by atoms with Crippen LogP contribution in [0.2, 0.25) is 0 Å². The molecule has 0 radical (unpaired) electrons. The molecule has 0 spiro atoms. The SMILES string of the molecule is COC(=O)C(Cc1ccccc1)NC(=O)CC1OC(COC(C)=O)C(OC(C)=O)C(OC(C)=O)C1OC(C)=O. The van der Waals surface area contributed by atoms with E-state index in [1.807, 2.05) is 0 Å². The van der Waals surface area contributed by atoms with Gasteiger partial charge in [0.15, 0.2) is 18.3 Å². The van der Waals surface area contributed by atoms with Gasteiger partial charge in [0, 0.05) is 34.1 Å². The highest BCUT2D eigenvalue weighted by Gasteiger charge is 2.52. The summed E-state index contributed by atoms with van der Waals surface area (Å²) < 4.78 is 31.8. The highest BCUT2D eigenvalue weighted by Crippen LogP contribution is 2.31. The zero-order chi connectivity index (χ0) is 29.1. The second-order valence-electron chi connectivity index (χ2n) is 8.77. The number of ether oxygens (including phenoxy) is 6. The van der Waals surface area contributed by atoms with Crippen molar-refractivity contribution < 1.29 is 57.2 Å². The second-order valence-corrected chi connectivity index (χ2v) is 8.77. The largest absolute Gasteiger partial charge is 0.467 e. The van der Waals surface area contributed by atoms with E-state index in [-0.39, 0.29) is 6.42 Å². The first kappa shape index (κ1) is 31.2. The normalized spacial score (nSPS) is 22.9. The number of benzene rings is 1. The van der Waals surface area contributed by atoms with Crippen LogP contribution in [0.3, 0.4) is 0 Å². The fourth-order valence-electron chi connectivity index (χ4n) is 4.10. The number of esters is 5. The summed E-state index contributed by atoms with van der Waals surface area (Å²) in [6.07, 6.45) is -6.90. The molecule has 1 saturated heterocycles. The molecule has 0 bridgehead atoms. The summed E-state index contributed by atoms with van der Waals surface area (Å²) in [5.74, 6) is -4.38. The van der Waals surface area contributed by atoms with E-state index < -0.39 is 85.3 Å². The Morgan fingerprint density at radius 3 is 1.85 bits per heavy atom. The molecule has 1 fully saturated rings. The van der Waals surface area contributed by atoms with Gasteiger partial charge in [-0.15, -0.1) is 0 Å². The molecule has 13 nitrogen and oxygen atoms in total. The first-order valence-corrected chi connectivity index (χ1v) is 12.1. The molecule has 6 unspecified atom stereocenters. The number of carbonyl (C=O) groups is 6. The molecular formula is C26H33NO12. The van der Waals surface area contributed by atoms with E-state index in [1.165, 1.54) is 7.11 Å². The molecule has 1 heterocycles. The third-order valence-electron chi connectivity index (χ3n) is 5.58. The minimum absolute atomic E-state index is 0.137. The van der Waals surface area contributed by atoms with E-state index in [1.54, 1.807) is 30.3 Å². The van der Waals surface area contributed by atoms with Crippen LogP contribution in [0.5, 0.6) is 0 Å². The Kier molecular flexibility index (Phi) is 11.9. The van der Waals surface area contributed by atoms with E-state index in [9.17, 15) is 28.8 Å². The van der Waals surface area contributed by atoms with Crippen molar-refractivity contribution in [2.75, 3.05) is 13.7 Å². The van der Waals surface area contributed by atoms with Gasteiger partial charge in [0.25, 0.3) is 0 Å². The number of methoxy groups -OCH3 is 1. The molecule has 0 saturated carbocycles. The highest BCUT2D eigenvalue weighted by atomic mass is 16.7. The van der Waals surface area contributed by atoms with Crippen molar-refractivity contribution in [2.45, 2.75) is 77.1 Å². The maximum Gasteiger partial charge on any atom is 0.328 e. The number of rotatable bonds is 11. The number of amides is 1. The predicted molar refractivity (Wildman–Crippen MR) is 131 cm³/mol. The van der Waals surface area contributed by atoms with Gasteiger partial charge in [-0.1, -0.05) is 30.3 Å². The first-order chi connectivity index (χ1) is 18.4. The molecule has 39 heavy (non-hydrogen) atoms. The zero-order valence-electron chi connectivity index (χ0n) is 22.4. The molecule has 0 aliphatic carbocycles. The monoisotopic (exact) mass is 551 g/mol. The van der Waals surface area contributed by atoms with Gasteiger partial charge in [-0.05, 0) is 5.56 Å². The van der Waals surface area contributed by atoms with E-state index >= 15 is 0 Å². The van der Waals surface area contributed by atoms with Crippen LogP contribution in [0.15, 0.2) is 30.3 Å². The lowest BCUT2D eigenvalue weighted by Crippen LogP contribution is -2.63. The molecule has 1 aromatic rings. The Labute approximate surface area is 225 Å². The van der Waals surface area contributed by atoms with Gasteiger partial charge in [-0.3, -0.25) is 24.0 Å². The van der Waals surface area contributed by atoms with Gasteiger partial charge in [0.2, 0.25) is 5.91 Å². The predicted octanol–water partition coefficient (Wildman–Crippen LogP) is 0.403. The quantitative estimate of drug-likeness (QED) is 0.297. The third-order valence-corrected chi connectivity index (χ3v) is 5.58. The summed E-state index contributed by atoms with van der Waals surface area (Å²) in [5, 5.41) is 2.59. The summed E-state index contributed by atoms with van der Waals surface area (Å²) in [7, 11) is 1.19. The van der Waals surface area contributed by atoms with Crippen molar-refractivity contribution in [3.05, 3.63) is 35.9 Å². The van der Waals surface area contributed by atoms with Crippen LogP contribution in [0.25, 0.3) is 0 Å². The van der Waals surface area contributed by atoms with Gasteiger partial charge < -0.3 is 33.7 Å². The summed E-state index contributed by atoms with van der Waals surface area (Å²) in [5.41, 5.74) is 0.764. The molecule has 1 aliphatic rings. The number of carbonyl (C=O) groups excluding carboxylic acids is 6. The molecule has 214 valence electrons. The van der Waals surface area contributed by atoms with Crippen LogP contribution in [-0.2, 0) is 63.6 Å². The highest BCUT2D eigenvalue weighted by molar-refractivity contribution is 5.85. The van der Waals surface area contributed by atoms with Crippen LogP contribution in [0.4, 0.5) is 0 Å². The fraction of sp³-hybridized carbons (Fsp3) is 0.538. The molecule has 1 amide bonds. The Bertz CT molecular complexity index is 1040. The molecular weight excluding hydrogens is 518 g/mol. The minimum atomic E-state index is -1.40. The van der Waals surface area contributed by atoms with Crippen molar-refractivity contribution in [1.29, 1.82) is 0 Å². The zero-order valence-corrected chi connectivity index (χ0v) is 22.4. The second kappa shape index (κ2) is 14.8. The summed E-state index contributed by atoms with van der Waals surface area (Å²) >= 11 is 0. The molecule has 13 heteroatoms. The maximum absolute atomic E-state index is 13.1. The molecule has 1 aromatic carbocycles. The topological polar surface area (TPSA) is 170 Å². The Morgan fingerprint density at radius 1 is 0.795 bits per heavy atom. The van der Waals surface area contributed by atoms with Gasteiger partial charge in [0.05, 0.1) is 13.5 Å². The van der Waals surface area contributed by atoms with Crippen LogP contribution in [0.1, 0.15) is 39.7 Å². The number of hydrogen-bond acceptors (Lipinski definition) is 12. The van der Waals surface area contributed by atoms with Crippen molar-refractivity contribution in [1.82, 2.24) is 5.32 Å². The Morgan fingerprint density at radius 2 is 1.33 bits per heavy atom. The number of nitrogens with one attached hydrogen (secondary N) is 1. The average molecular weight is 552 g/mol. The summed E-state index contributed by atoms with van der Waals surface area (Å²) in [6.45, 7) is 4.03. The fourth-order valence-corrected chi connectivity index (χ4v) is 4.10. The lowest BCUT2D eigenvalue weighted by molar-refractivity contribution is -0.252. The Balaban J connectivity index is 2.35. The van der Waals surface area contributed by atoms with Gasteiger partial charge in [-0.2, -0.15) is 0 Å². The van der Waals surface area contributed by atoms with Crippen LogP contribution < -0.4 is 5.32 Å². The average Bonchev–Trinajstić information content (AvgIpc) is 2.85. The lowest BCUT2D eigenvalue weighted by Gasteiger charge is -2.44. The van der Waals surface area contributed by atoms with E-state index in [0.29, 0.717) is 0 Å². The van der Waals surface area contributed by atoms with Crippen molar-refractivity contribution >= 4 is 35.8 Å². The van der Waals surface area contributed by atoms with E-state index in [2.05, 4.69) is 5.32 Å².